The predicted octanol–water partition coefficient (Wildman–Crippen LogP) is 3.95. The molecule has 2 aromatic rings. The van der Waals surface area contributed by atoms with Crippen molar-refractivity contribution in [1.29, 1.82) is 0 Å². The molecule has 0 bridgehead atoms. The lowest BCUT2D eigenvalue weighted by Crippen LogP contribution is -2.53. The summed E-state index contributed by atoms with van der Waals surface area (Å²) in [6.07, 6.45) is 8.49. The fourth-order valence-corrected chi connectivity index (χ4v) is 6.23. The van der Waals surface area contributed by atoms with Crippen LogP contribution in [0.2, 0.25) is 0 Å². The van der Waals surface area contributed by atoms with E-state index in [9.17, 15) is 4.79 Å². The number of aliphatic imine (C=N–C) groups is 1. The van der Waals surface area contributed by atoms with E-state index in [1.165, 1.54) is 5.56 Å². The number of aromatic nitrogens is 1. The second-order valence-corrected chi connectivity index (χ2v) is 9.96. The molecule has 1 fully saturated rings. The van der Waals surface area contributed by atoms with E-state index in [0.29, 0.717) is 5.96 Å². The van der Waals surface area contributed by atoms with Crippen molar-refractivity contribution in [3.8, 4) is 11.1 Å². The Balaban J connectivity index is 1.68. The summed E-state index contributed by atoms with van der Waals surface area (Å²) < 4.78 is 5.65. The number of carbonyl (C=O) groups excluding carboxylic acids is 1. The zero-order valence-electron chi connectivity index (χ0n) is 19.4. The van der Waals surface area contributed by atoms with E-state index in [1.807, 2.05) is 33.2 Å². The molecule has 2 heterocycles. The van der Waals surface area contributed by atoms with Crippen molar-refractivity contribution in [1.82, 2.24) is 9.88 Å². The minimum atomic E-state index is -0.956. The Bertz CT molecular complexity index is 1100. The van der Waals surface area contributed by atoms with Gasteiger partial charge in [-0.2, -0.15) is 0 Å². The van der Waals surface area contributed by atoms with Gasteiger partial charge in [-0.3, -0.25) is 14.7 Å². The molecule has 1 aromatic carbocycles. The van der Waals surface area contributed by atoms with Crippen LogP contribution in [0.5, 0.6) is 0 Å². The van der Waals surface area contributed by atoms with Gasteiger partial charge in [0.15, 0.2) is 11.5 Å². The second-order valence-electron chi connectivity index (χ2n) is 9.96. The number of nitrogens with two attached hydrogens (primary N) is 1. The van der Waals surface area contributed by atoms with E-state index in [4.69, 9.17) is 15.5 Å². The molecule has 0 unspecified atom stereocenters. The number of hydrogen-bond acceptors (Lipinski definition) is 5. The predicted molar refractivity (Wildman–Crippen MR) is 125 cm³/mol. The number of carbonyl (C=O) groups is 1. The molecule has 5 rings (SSSR count). The number of ether oxygens (including phenoxy) is 1. The first-order chi connectivity index (χ1) is 15.3. The highest BCUT2D eigenvalue weighted by molar-refractivity contribution is 6.08. The highest BCUT2D eigenvalue weighted by atomic mass is 16.5. The topological polar surface area (TPSA) is 80.8 Å². The number of amides is 1. The molecule has 6 nitrogen and oxygen atoms in total. The minimum absolute atomic E-state index is 0.0270. The number of benzene rings is 1. The van der Waals surface area contributed by atoms with Gasteiger partial charge < -0.3 is 10.5 Å². The molecule has 2 spiro atoms. The zero-order valence-corrected chi connectivity index (χ0v) is 19.4. The lowest BCUT2D eigenvalue weighted by Gasteiger charge is -2.45. The monoisotopic (exact) mass is 432 g/mol. The number of rotatable bonds is 3. The summed E-state index contributed by atoms with van der Waals surface area (Å²) in [5.41, 5.74) is 10.6. The smallest absolute Gasteiger partial charge is 0.262 e. The van der Waals surface area contributed by atoms with Crippen molar-refractivity contribution < 1.29 is 9.53 Å². The van der Waals surface area contributed by atoms with Gasteiger partial charge in [0.1, 0.15) is 0 Å². The van der Waals surface area contributed by atoms with Crippen molar-refractivity contribution in [3.05, 3.63) is 53.3 Å². The van der Waals surface area contributed by atoms with Crippen LogP contribution in [0.25, 0.3) is 11.1 Å². The van der Waals surface area contributed by atoms with Crippen LogP contribution in [0.15, 0.2) is 41.7 Å². The maximum atomic E-state index is 14.2. The number of methoxy groups -OCH3 is 1. The highest BCUT2D eigenvalue weighted by Crippen LogP contribution is 2.62. The summed E-state index contributed by atoms with van der Waals surface area (Å²) in [6, 6.07) is 8.59. The summed E-state index contributed by atoms with van der Waals surface area (Å²) in [7, 11) is 1.78. The molecule has 168 valence electrons. The minimum Gasteiger partial charge on any atom is -0.381 e. The maximum Gasteiger partial charge on any atom is 0.262 e. The number of fused-ring (bicyclic) bond motifs is 3. The largest absolute Gasteiger partial charge is 0.381 e. The number of aryl methyl sites for hydroxylation is 1. The molecular formula is C26H32N4O2. The van der Waals surface area contributed by atoms with Crippen molar-refractivity contribution in [2.45, 2.75) is 70.6 Å². The fraction of sp³-hybridized carbons (Fsp3) is 0.500. The molecular weight excluding hydrogens is 400 g/mol. The fourth-order valence-electron chi connectivity index (χ4n) is 6.23. The number of pyridine rings is 1. The maximum absolute atomic E-state index is 14.2. The van der Waals surface area contributed by atoms with Crippen LogP contribution >= 0.6 is 0 Å². The van der Waals surface area contributed by atoms with Gasteiger partial charge in [-0.05, 0) is 87.3 Å². The molecule has 2 N–H and O–H groups in total. The molecule has 0 radical (unpaired) electrons. The van der Waals surface area contributed by atoms with Crippen molar-refractivity contribution >= 4 is 11.9 Å². The average Bonchev–Trinajstić information content (AvgIpc) is 3.20. The third-order valence-corrected chi connectivity index (χ3v) is 7.80. The van der Waals surface area contributed by atoms with Gasteiger partial charge in [-0.15, -0.1) is 0 Å². The third-order valence-electron chi connectivity index (χ3n) is 7.80. The molecule has 32 heavy (non-hydrogen) atoms. The Labute approximate surface area is 189 Å². The second kappa shape index (κ2) is 7.41. The van der Waals surface area contributed by atoms with Crippen LogP contribution in [0.3, 0.4) is 0 Å². The lowest BCUT2D eigenvalue weighted by atomic mass is 9.61. The quantitative estimate of drug-likeness (QED) is 0.796. The van der Waals surface area contributed by atoms with Gasteiger partial charge in [-0.25, -0.2) is 4.99 Å². The summed E-state index contributed by atoms with van der Waals surface area (Å²) in [6.45, 7) is 6.04. The molecule has 0 saturated heterocycles. The van der Waals surface area contributed by atoms with Crippen molar-refractivity contribution in [3.63, 3.8) is 0 Å². The number of hydrogen-bond donors (Lipinski definition) is 1. The molecule has 1 aromatic heterocycles. The Morgan fingerprint density at radius 2 is 1.91 bits per heavy atom. The van der Waals surface area contributed by atoms with Crippen molar-refractivity contribution in [2.75, 3.05) is 7.11 Å². The molecule has 2 aliphatic carbocycles. The summed E-state index contributed by atoms with van der Waals surface area (Å²) in [5.74, 6) is 0.368. The zero-order chi connectivity index (χ0) is 22.7. The molecule has 6 heteroatoms. The van der Waals surface area contributed by atoms with Crippen LogP contribution < -0.4 is 5.73 Å². The van der Waals surface area contributed by atoms with E-state index >= 15 is 0 Å². The first kappa shape index (κ1) is 21.1. The van der Waals surface area contributed by atoms with Crippen LogP contribution in [-0.4, -0.2) is 41.0 Å². The van der Waals surface area contributed by atoms with Crippen molar-refractivity contribution in [2.24, 2.45) is 16.1 Å². The van der Waals surface area contributed by atoms with Gasteiger partial charge in [0, 0.05) is 36.5 Å². The molecule has 3 aliphatic rings. The molecule has 1 atom stereocenters. The van der Waals surface area contributed by atoms with Gasteiger partial charge in [-0.1, -0.05) is 12.1 Å². The van der Waals surface area contributed by atoms with Crippen LogP contribution in [0, 0.1) is 12.3 Å². The Kier molecular flexibility index (Phi) is 4.89. The summed E-state index contributed by atoms with van der Waals surface area (Å²) in [4.78, 5) is 25.3. The Hall–Kier alpha value is -2.73. The first-order valence-electron chi connectivity index (χ1n) is 11.6. The van der Waals surface area contributed by atoms with Gasteiger partial charge in [0.2, 0.25) is 0 Å². The summed E-state index contributed by atoms with van der Waals surface area (Å²) in [5, 5.41) is 0. The lowest BCUT2D eigenvalue weighted by molar-refractivity contribution is -0.139. The standard InChI is InChI=1S/C26H32N4O2/c1-16(2)30-23(31)26(29-24(30)27)22-12-18(20-11-17(3)14-28-15-20)5-6-19(22)13-25(26)9-7-21(32-4)8-10-25/h5-6,11-12,14-16,21H,7-10,13H2,1-4H3,(H2,27,29)/t21?,25?,26-/m1/s1. The van der Waals surface area contributed by atoms with E-state index in [-0.39, 0.29) is 23.5 Å². The van der Waals surface area contributed by atoms with Gasteiger partial charge in [0.25, 0.3) is 5.91 Å². The SMILES string of the molecule is COC1CCC2(CC1)Cc1ccc(-c3cncc(C)c3)cc1[C@]21N=C(N)N(C(C)C)C1=O. The van der Waals surface area contributed by atoms with E-state index < -0.39 is 5.54 Å². The van der Waals surface area contributed by atoms with E-state index in [1.54, 1.807) is 12.0 Å². The van der Waals surface area contributed by atoms with Crippen LogP contribution in [0.1, 0.15) is 56.2 Å². The highest BCUT2D eigenvalue weighted by Gasteiger charge is 2.66. The van der Waals surface area contributed by atoms with E-state index in [2.05, 4.69) is 29.2 Å². The Morgan fingerprint density at radius 3 is 2.53 bits per heavy atom. The van der Waals surface area contributed by atoms with Crippen LogP contribution in [-0.2, 0) is 21.5 Å². The van der Waals surface area contributed by atoms with Crippen LogP contribution in [0.4, 0.5) is 0 Å². The van der Waals surface area contributed by atoms with Gasteiger partial charge in [0.05, 0.1) is 6.10 Å². The normalized spacial score (nSPS) is 29.3. The van der Waals surface area contributed by atoms with E-state index in [0.717, 1.165) is 54.4 Å². The third kappa shape index (κ3) is 2.85. The average molecular weight is 433 g/mol. The van der Waals surface area contributed by atoms with Gasteiger partial charge >= 0.3 is 0 Å². The molecule has 1 saturated carbocycles. The molecule has 1 aliphatic heterocycles. The number of nitrogens with zero attached hydrogens (tertiary/aromatic N) is 3. The molecule has 1 amide bonds. The summed E-state index contributed by atoms with van der Waals surface area (Å²) >= 11 is 0. The Morgan fingerprint density at radius 1 is 1.16 bits per heavy atom. The number of guanidine groups is 1. The first-order valence-corrected chi connectivity index (χ1v) is 11.6.